The first-order chi connectivity index (χ1) is 15.5. The number of nitrogens with zero attached hydrogens (tertiary/aromatic N) is 3. The van der Waals surface area contributed by atoms with Gasteiger partial charge in [-0.1, -0.05) is 17.7 Å². The van der Waals surface area contributed by atoms with Gasteiger partial charge in [0.05, 0.1) is 13.5 Å². The van der Waals surface area contributed by atoms with Gasteiger partial charge in [-0.25, -0.2) is 0 Å². The topological polar surface area (TPSA) is 94.8 Å². The molecule has 0 radical (unpaired) electrons. The summed E-state index contributed by atoms with van der Waals surface area (Å²) in [6.07, 6.45) is 2.03. The Kier molecular flexibility index (Phi) is 6.49. The highest BCUT2D eigenvalue weighted by Gasteiger charge is 2.24. The van der Waals surface area contributed by atoms with E-state index < -0.39 is 5.97 Å². The number of esters is 1. The molecule has 0 unspecified atom stereocenters. The second-order valence-electron chi connectivity index (χ2n) is 7.67. The van der Waals surface area contributed by atoms with Crippen molar-refractivity contribution in [2.45, 2.75) is 32.6 Å². The minimum absolute atomic E-state index is 0.0522. The summed E-state index contributed by atoms with van der Waals surface area (Å²) in [7, 11) is 1.62. The SMILES string of the molecule is COc1ccc2c(c1)CCCN2C(=O)COC(=O)CCc1nnc(-c2ccc(C)cc2)o1. The molecule has 0 saturated carbocycles. The number of fused-ring (bicyclic) bond motifs is 1. The third-order valence-electron chi connectivity index (χ3n) is 5.37. The number of aromatic nitrogens is 2. The van der Waals surface area contributed by atoms with E-state index in [4.69, 9.17) is 13.9 Å². The fourth-order valence-corrected chi connectivity index (χ4v) is 3.63. The summed E-state index contributed by atoms with van der Waals surface area (Å²) < 4.78 is 16.1. The summed E-state index contributed by atoms with van der Waals surface area (Å²) in [5, 5.41) is 8.01. The fraction of sp³-hybridized carbons (Fsp3) is 0.333. The second kappa shape index (κ2) is 9.64. The highest BCUT2D eigenvalue weighted by atomic mass is 16.5. The third kappa shape index (κ3) is 4.96. The number of ether oxygens (including phenoxy) is 2. The van der Waals surface area contributed by atoms with E-state index in [2.05, 4.69) is 10.2 Å². The summed E-state index contributed by atoms with van der Waals surface area (Å²) in [5.41, 5.74) is 3.85. The summed E-state index contributed by atoms with van der Waals surface area (Å²) in [5.74, 6) is 0.784. The molecule has 0 atom stereocenters. The van der Waals surface area contributed by atoms with E-state index in [1.165, 1.54) is 0 Å². The molecule has 1 aliphatic rings. The minimum Gasteiger partial charge on any atom is -0.497 e. The van der Waals surface area contributed by atoms with Crippen LogP contribution in [0.4, 0.5) is 5.69 Å². The molecule has 0 saturated heterocycles. The van der Waals surface area contributed by atoms with Crippen molar-refractivity contribution < 1.29 is 23.5 Å². The smallest absolute Gasteiger partial charge is 0.306 e. The quantitative estimate of drug-likeness (QED) is 0.524. The lowest BCUT2D eigenvalue weighted by molar-refractivity contribution is -0.147. The average molecular weight is 435 g/mol. The Balaban J connectivity index is 1.28. The fourth-order valence-electron chi connectivity index (χ4n) is 3.63. The lowest BCUT2D eigenvalue weighted by Crippen LogP contribution is -2.38. The van der Waals surface area contributed by atoms with Gasteiger partial charge >= 0.3 is 5.97 Å². The van der Waals surface area contributed by atoms with E-state index in [0.29, 0.717) is 18.3 Å². The second-order valence-corrected chi connectivity index (χ2v) is 7.67. The van der Waals surface area contributed by atoms with Crippen LogP contribution in [-0.4, -0.2) is 42.3 Å². The molecule has 0 aliphatic carbocycles. The standard InChI is InChI=1S/C24H25N3O5/c1-16-5-7-17(8-6-16)24-26-25-21(32-24)11-12-23(29)31-15-22(28)27-13-3-4-18-14-19(30-2)9-10-20(18)27/h5-10,14H,3-4,11-13,15H2,1-2H3. The number of hydrogen-bond donors (Lipinski definition) is 0. The van der Waals surface area contributed by atoms with Gasteiger partial charge in [0.25, 0.3) is 5.91 Å². The van der Waals surface area contributed by atoms with E-state index in [1.807, 2.05) is 49.4 Å². The monoisotopic (exact) mass is 435 g/mol. The van der Waals surface area contributed by atoms with Gasteiger partial charge in [0.15, 0.2) is 6.61 Å². The van der Waals surface area contributed by atoms with Crippen molar-refractivity contribution >= 4 is 17.6 Å². The van der Waals surface area contributed by atoms with Crippen molar-refractivity contribution in [2.24, 2.45) is 0 Å². The highest BCUT2D eigenvalue weighted by Crippen LogP contribution is 2.30. The molecule has 4 rings (SSSR count). The summed E-state index contributed by atoms with van der Waals surface area (Å²) >= 11 is 0. The van der Waals surface area contributed by atoms with Crippen molar-refractivity contribution in [1.29, 1.82) is 0 Å². The Bertz CT molecular complexity index is 1110. The lowest BCUT2D eigenvalue weighted by atomic mass is 10.0. The van der Waals surface area contributed by atoms with Crippen molar-refractivity contribution in [3.8, 4) is 17.2 Å². The number of anilines is 1. The lowest BCUT2D eigenvalue weighted by Gasteiger charge is -2.29. The van der Waals surface area contributed by atoms with Crippen LogP contribution in [0, 0.1) is 6.92 Å². The number of benzene rings is 2. The number of rotatable bonds is 7. The van der Waals surface area contributed by atoms with Gasteiger partial charge in [-0.2, -0.15) is 0 Å². The molecule has 0 fully saturated rings. The Labute approximate surface area is 186 Å². The molecule has 8 nitrogen and oxygen atoms in total. The van der Waals surface area contributed by atoms with E-state index in [-0.39, 0.29) is 25.4 Å². The molecule has 2 heterocycles. The molecule has 8 heteroatoms. The Morgan fingerprint density at radius 3 is 2.72 bits per heavy atom. The maximum absolute atomic E-state index is 12.7. The van der Waals surface area contributed by atoms with E-state index in [0.717, 1.165) is 41.0 Å². The van der Waals surface area contributed by atoms with Gasteiger partial charge in [0.2, 0.25) is 11.8 Å². The first-order valence-electron chi connectivity index (χ1n) is 10.6. The van der Waals surface area contributed by atoms with E-state index >= 15 is 0 Å². The predicted octanol–water partition coefficient (Wildman–Crippen LogP) is 3.51. The molecule has 166 valence electrons. The third-order valence-corrected chi connectivity index (χ3v) is 5.37. The minimum atomic E-state index is -0.486. The van der Waals surface area contributed by atoms with Gasteiger partial charge in [0.1, 0.15) is 5.75 Å². The summed E-state index contributed by atoms with van der Waals surface area (Å²) in [6.45, 7) is 2.29. The normalized spacial score (nSPS) is 12.9. The van der Waals surface area contributed by atoms with Crippen LogP contribution in [0.25, 0.3) is 11.5 Å². The van der Waals surface area contributed by atoms with Crippen molar-refractivity contribution in [2.75, 3.05) is 25.2 Å². The molecule has 1 aromatic heterocycles. The molecule has 2 aromatic carbocycles. The van der Waals surface area contributed by atoms with Crippen LogP contribution in [0.2, 0.25) is 0 Å². The van der Waals surface area contributed by atoms with E-state index in [1.54, 1.807) is 12.0 Å². The molecule has 3 aromatic rings. The van der Waals surface area contributed by atoms with Crippen LogP contribution in [0.5, 0.6) is 5.75 Å². The van der Waals surface area contributed by atoms with Crippen molar-refractivity contribution in [3.63, 3.8) is 0 Å². The number of aryl methyl sites for hydroxylation is 3. The number of carbonyl (C=O) groups is 2. The van der Waals surface area contributed by atoms with Crippen LogP contribution in [0.15, 0.2) is 46.9 Å². The van der Waals surface area contributed by atoms with Crippen LogP contribution in [0.1, 0.15) is 29.9 Å². The molecule has 32 heavy (non-hydrogen) atoms. The van der Waals surface area contributed by atoms with Gasteiger partial charge in [-0.05, 0) is 55.7 Å². The van der Waals surface area contributed by atoms with Crippen molar-refractivity contribution in [3.05, 3.63) is 59.5 Å². The summed E-state index contributed by atoms with van der Waals surface area (Å²) in [4.78, 5) is 26.5. The first-order valence-corrected chi connectivity index (χ1v) is 10.6. The zero-order valence-corrected chi connectivity index (χ0v) is 18.2. The largest absolute Gasteiger partial charge is 0.497 e. The maximum atomic E-state index is 12.7. The molecule has 0 spiro atoms. The molecule has 1 aliphatic heterocycles. The number of amides is 1. The maximum Gasteiger partial charge on any atom is 0.306 e. The number of carbonyl (C=O) groups excluding carboxylic acids is 2. The molecular weight excluding hydrogens is 410 g/mol. The Morgan fingerprint density at radius 1 is 1.12 bits per heavy atom. The van der Waals surface area contributed by atoms with Crippen molar-refractivity contribution in [1.82, 2.24) is 10.2 Å². The Morgan fingerprint density at radius 2 is 1.94 bits per heavy atom. The first kappa shape index (κ1) is 21.5. The zero-order valence-electron chi connectivity index (χ0n) is 18.2. The van der Waals surface area contributed by atoms with Crippen LogP contribution < -0.4 is 9.64 Å². The van der Waals surface area contributed by atoms with Crippen LogP contribution in [0.3, 0.4) is 0 Å². The summed E-state index contributed by atoms with van der Waals surface area (Å²) in [6, 6.07) is 13.4. The van der Waals surface area contributed by atoms with Gasteiger partial charge in [-0.15, -0.1) is 10.2 Å². The van der Waals surface area contributed by atoms with Gasteiger partial charge in [-0.3, -0.25) is 9.59 Å². The predicted molar refractivity (Wildman–Crippen MR) is 117 cm³/mol. The molecule has 1 amide bonds. The molecule has 0 bridgehead atoms. The van der Waals surface area contributed by atoms with E-state index in [9.17, 15) is 9.59 Å². The van der Waals surface area contributed by atoms with Crippen LogP contribution >= 0.6 is 0 Å². The van der Waals surface area contributed by atoms with Crippen LogP contribution in [-0.2, 0) is 27.2 Å². The average Bonchev–Trinajstić information content (AvgIpc) is 3.30. The zero-order chi connectivity index (χ0) is 22.5. The Hall–Kier alpha value is -3.68. The molecule has 0 N–H and O–H groups in total. The number of hydrogen-bond acceptors (Lipinski definition) is 7. The number of methoxy groups -OCH3 is 1. The highest BCUT2D eigenvalue weighted by molar-refractivity contribution is 5.96. The van der Waals surface area contributed by atoms with Gasteiger partial charge in [0, 0.05) is 24.2 Å². The van der Waals surface area contributed by atoms with Gasteiger partial charge < -0.3 is 18.8 Å². The molecular formula is C24H25N3O5.